The Morgan fingerprint density at radius 1 is 1.40 bits per heavy atom. The van der Waals surface area contributed by atoms with Crippen molar-refractivity contribution in [1.82, 2.24) is 0 Å². The second kappa shape index (κ2) is 4.47. The van der Waals surface area contributed by atoms with Crippen LogP contribution in [0.4, 0.5) is 0 Å². The summed E-state index contributed by atoms with van der Waals surface area (Å²) >= 11 is 10.0. The van der Waals surface area contributed by atoms with Gasteiger partial charge in [0.2, 0.25) is 10.5 Å². The summed E-state index contributed by atoms with van der Waals surface area (Å²) in [6.07, 6.45) is 1.44. The summed E-state index contributed by atoms with van der Waals surface area (Å²) in [5.41, 5.74) is 0.238. The molecule has 10 heavy (non-hydrogen) atoms. The molecule has 0 N–H and O–H groups in total. The smallest absolute Gasteiger partial charge is 0.248 e. The maximum absolute atomic E-state index is 10.4. The van der Waals surface area contributed by atoms with Gasteiger partial charge < -0.3 is 0 Å². The first kappa shape index (κ1) is 9.66. The molecular formula is C6H6Cl2O2. The van der Waals surface area contributed by atoms with Crippen molar-refractivity contribution in [2.75, 3.05) is 0 Å². The molecule has 0 bridgehead atoms. The highest BCUT2D eigenvalue weighted by atomic mass is 35.5. The van der Waals surface area contributed by atoms with Crippen LogP contribution >= 0.6 is 23.2 Å². The van der Waals surface area contributed by atoms with Gasteiger partial charge in [0.05, 0.1) is 0 Å². The monoisotopic (exact) mass is 180 g/mol. The Morgan fingerprint density at radius 2 is 1.90 bits per heavy atom. The molecular weight excluding hydrogens is 175 g/mol. The molecule has 56 valence electrons. The van der Waals surface area contributed by atoms with E-state index >= 15 is 0 Å². The topological polar surface area (TPSA) is 34.1 Å². The van der Waals surface area contributed by atoms with Gasteiger partial charge in [-0.1, -0.05) is 6.92 Å². The molecule has 0 unspecified atom stereocenters. The van der Waals surface area contributed by atoms with Crippen molar-refractivity contribution in [2.24, 2.45) is 0 Å². The third-order valence-corrected chi connectivity index (χ3v) is 1.27. The Labute approximate surface area is 68.8 Å². The van der Waals surface area contributed by atoms with Gasteiger partial charge in [-0.25, -0.2) is 0 Å². The van der Waals surface area contributed by atoms with Crippen LogP contribution in [0.3, 0.4) is 0 Å². The SMILES string of the molecule is CC/C(=C/C(=O)Cl)C(=O)Cl. The van der Waals surface area contributed by atoms with E-state index in [1.54, 1.807) is 6.92 Å². The maximum Gasteiger partial charge on any atom is 0.248 e. The zero-order valence-electron chi connectivity index (χ0n) is 5.36. The molecule has 0 aromatic heterocycles. The van der Waals surface area contributed by atoms with Crippen LogP contribution in [0, 0.1) is 0 Å². The van der Waals surface area contributed by atoms with E-state index in [4.69, 9.17) is 23.2 Å². The van der Waals surface area contributed by atoms with Gasteiger partial charge in [0.25, 0.3) is 0 Å². The fraction of sp³-hybridized carbons (Fsp3) is 0.333. The molecule has 0 aliphatic carbocycles. The second-order valence-electron chi connectivity index (χ2n) is 1.60. The number of allylic oxidation sites excluding steroid dienone is 2. The zero-order valence-corrected chi connectivity index (χ0v) is 6.87. The largest absolute Gasteiger partial charge is 0.276 e. The lowest BCUT2D eigenvalue weighted by atomic mass is 10.2. The number of hydrogen-bond donors (Lipinski definition) is 0. The van der Waals surface area contributed by atoms with Gasteiger partial charge in [-0.2, -0.15) is 0 Å². The lowest BCUT2D eigenvalue weighted by molar-refractivity contribution is -0.110. The summed E-state index contributed by atoms with van der Waals surface area (Å²) in [7, 11) is 0. The first-order valence-corrected chi connectivity index (χ1v) is 3.43. The van der Waals surface area contributed by atoms with Gasteiger partial charge in [0, 0.05) is 11.6 Å². The molecule has 4 heteroatoms. The highest BCUT2D eigenvalue weighted by molar-refractivity contribution is 6.70. The Hall–Kier alpha value is -0.340. The lowest BCUT2D eigenvalue weighted by Gasteiger charge is -1.91. The predicted molar refractivity (Wildman–Crippen MR) is 40.1 cm³/mol. The van der Waals surface area contributed by atoms with Crippen LogP contribution in [0.5, 0.6) is 0 Å². The van der Waals surface area contributed by atoms with E-state index in [1.807, 2.05) is 0 Å². The predicted octanol–water partition coefficient (Wildman–Crippen LogP) is 1.85. The quantitative estimate of drug-likeness (QED) is 0.491. The summed E-state index contributed by atoms with van der Waals surface area (Å²) in [4.78, 5) is 20.6. The van der Waals surface area contributed by atoms with Gasteiger partial charge in [0.1, 0.15) is 0 Å². The van der Waals surface area contributed by atoms with Crippen molar-refractivity contribution in [3.63, 3.8) is 0 Å². The Morgan fingerprint density at radius 3 is 2.00 bits per heavy atom. The van der Waals surface area contributed by atoms with Crippen LogP contribution < -0.4 is 0 Å². The van der Waals surface area contributed by atoms with E-state index in [0.29, 0.717) is 6.42 Å². The van der Waals surface area contributed by atoms with Gasteiger partial charge >= 0.3 is 0 Å². The van der Waals surface area contributed by atoms with Crippen molar-refractivity contribution >= 4 is 33.7 Å². The van der Waals surface area contributed by atoms with Crippen LogP contribution in [-0.2, 0) is 9.59 Å². The maximum atomic E-state index is 10.4. The lowest BCUT2D eigenvalue weighted by Crippen LogP contribution is -1.93. The molecule has 0 radical (unpaired) electrons. The summed E-state index contributed by atoms with van der Waals surface area (Å²) in [5, 5.41) is -1.30. The highest BCUT2D eigenvalue weighted by Gasteiger charge is 2.03. The first-order valence-electron chi connectivity index (χ1n) is 2.67. The second-order valence-corrected chi connectivity index (χ2v) is 2.32. The van der Waals surface area contributed by atoms with Crippen molar-refractivity contribution < 1.29 is 9.59 Å². The average Bonchev–Trinajstić information content (AvgIpc) is 1.81. The molecule has 0 aliphatic heterocycles. The van der Waals surface area contributed by atoms with E-state index in [2.05, 4.69) is 0 Å². The van der Waals surface area contributed by atoms with Crippen LogP contribution in [-0.4, -0.2) is 10.5 Å². The highest BCUT2D eigenvalue weighted by Crippen LogP contribution is 2.05. The van der Waals surface area contributed by atoms with Crippen molar-refractivity contribution in [2.45, 2.75) is 13.3 Å². The normalized spacial score (nSPS) is 11.3. The van der Waals surface area contributed by atoms with Crippen molar-refractivity contribution in [1.29, 1.82) is 0 Å². The molecule has 0 amide bonds. The first-order chi connectivity index (χ1) is 4.57. The van der Waals surface area contributed by atoms with Crippen molar-refractivity contribution in [3.8, 4) is 0 Å². The van der Waals surface area contributed by atoms with Crippen LogP contribution in [0.1, 0.15) is 13.3 Å². The van der Waals surface area contributed by atoms with Crippen LogP contribution in [0.15, 0.2) is 11.6 Å². The number of halogens is 2. The summed E-state index contributed by atoms with van der Waals surface area (Å²) < 4.78 is 0. The number of hydrogen-bond acceptors (Lipinski definition) is 2. The molecule has 0 heterocycles. The molecule has 0 fully saturated rings. The Balaban J connectivity index is 4.34. The fourth-order valence-electron chi connectivity index (χ4n) is 0.435. The third kappa shape index (κ3) is 3.64. The molecule has 2 nitrogen and oxygen atoms in total. The van der Waals surface area contributed by atoms with Crippen LogP contribution in [0.25, 0.3) is 0 Å². The van der Waals surface area contributed by atoms with E-state index in [-0.39, 0.29) is 5.57 Å². The minimum atomic E-state index is -0.675. The minimum Gasteiger partial charge on any atom is -0.276 e. The van der Waals surface area contributed by atoms with E-state index in [9.17, 15) is 9.59 Å². The minimum absolute atomic E-state index is 0.238. The van der Waals surface area contributed by atoms with E-state index < -0.39 is 10.5 Å². The molecule has 0 spiro atoms. The molecule has 0 rings (SSSR count). The van der Waals surface area contributed by atoms with Crippen molar-refractivity contribution in [3.05, 3.63) is 11.6 Å². The number of carbonyl (C=O) groups is 2. The van der Waals surface area contributed by atoms with Gasteiger partial charge in [-0.15, -0.1) is 0 Å². The molecule has 0 aromatic rings. The Kier molecular flexibility index (Phi) is 4.32. The average molecular weight is 181 g/mol. The third-order valence-electron chi connectivity index (χ3n) is 0.921. The van der Waals surface area contributed by atoms with E-state index in [1.165, 1.54) is 0 Å². The zero-order chi connectivity index (χ0) is 8.15. The Bertz CT molecular complexity index is 184. The van der Waals surface area contributed by atoms with Gasteiger partial charge in [-0.3, -0.25) is 9.59 Å². The molecule has 0 aliphatic rings. The van der Waals surface area contributed by atoms with Gasteiger partial charge in [-0.05, 0) is 29.6 Å². The van der Waals surface area contributed by atoms with Gasteiger partial charge in [0.15, 0.2) is 0 Å². The summed E-state index contributed by atoms with van der Waals surface area (Å²) in [6, 6.07) is 0. The molecule has 0 atom stereocenters. The van der Waals surface area contributed by atoms with Crippen LogP contribution in [0.2, 0.25) is 0 Å². The van der Waals surface area contributed by atoms with E-state index in [0.717, 1.165) is 6.08 Å². The number of rotatable bonds is 3. The standard InChI is InChI=1S/C6H6Cl2O2/c1-2-4(6(8)10)3-5(7)9/h3H,2H2,1H3/b4-3-. The molecule has 0 saturated heterocycles. The fourth-order valence-corrected chi connectivity index (χ4v) is 0.755. The summed E-state index contributed by atoms with van der Waals surface area (Å²) in [6.45, 7) is 1.71. The molecule has 0 aromatic carbocycles. The summed E-state index contributed by atoms with van der Waals surface area (Å²) in [5.74, 6) is 0. The number of carbonyl (C=O) groups excluding carboxylic acids is 2. The molecule has 0 saturated carbocycles.